The number of benzene rings is 1. The molecule has 0 aliphatic carbocycles. The first-order chi connectivity index (χ1) is 11.5. The van der Waals surface area contributed by atoms with Gasteiger partial charge in [0.25, 0.3) is 0 Å². The van der Waals surface area contributed by atoms with Gasteiger partial charge in [-0.15, -0.1) is 11.3 Å². The zero-order chi connectivity index (χ0) is 17.1. The minimum absolute atomic E-state index is 0.0413. The predicted molar refractivity (Wildman–Crippen MR) is 100 cm³/mol. The molecule has 0 saturated carbocycles. The average Bonchev–Trinajstić information content (AvgIpc) is 3.20. The molecule has 4 heteroatoms. The van der Waals surface area contributed by atoms with E-state index in [9.17, 15) is 4.79 Å². The maximum absolute atomic E-state index is 12.5. The molecule has 0 spiro atoms. The lowest BCUT2D eigenvalue weighted by Gasteiger charge is -2.24. The third-order valence-corrected chi connectivity index (χ3v) is 5.96. The molecule has 1 saturated heterocycles. The van der Waals surface area contributed by atoms with Gasteiger partial charge >= 0.3 is 0 Å². The van der Waals surface area contributed by atoms with Gasteiger partial charge in [0, 0.05) is 10.9 Å². The van der Waals surface area contributed by atoms with Gasteiger partial charge in [-0.3, -0.25) is 9.69 Å². The highest BCUT2D eigenvalue weighted by Gasteiger charge is 2.28. The molecule has 2 aromatic rings. The van der Waals surface area contributed by atoms with E-state index in [2.05, 4.69) is 66.7 Å². The minimum atomic E-state index is 0.0413. The van der Waals surface area contributed by atoms with E-state index in [1.54, 1.807) is 11.3 Å². The van der Waals surface area contributed by atoms with Crippen molar-refractivity contribution < 1.29 is 4.79 Å². The summed E-state index contributed by atoms with van der Waals surface area (Å²) in [6.45, 7) is 7.78. The van der Waals surface area contributed by atoms with E-state index >= 15 is 0 Å². The summed E-state index contributed by atoms with van der Waals surface area (Å²) in [5, 5.41) is 5.28. The number of hydrogen-bond acceptors (Lipinski definition) is 3. The van der Waals surface area contributed by atoms with Crippen LogP contribution in [0, 0.1) is 13.8 Å². The van der Waals surface area contributed by atoms with Gasteiger partial charge in [0.15, 0.2) is 0 Å². The lowest BCUT2D eigenvalue weighted by atomic mass is 10.0. The zero-order valence-corrected chi connectivity index (χ0v) is 15.5. The minimum Gasteiger partial charge on any atom is -0.348 e. The van der Waals surface area contributed by atoms with Crippen molar-refractivity contribution in [2.45, 2.75) is 45.7 Å². The Morgan fingerprint density at radius 2 is 2.17 bits per heavy atom. The number of aryl methyl sites for hydroxylation is 2. The molecule has 1 aromatic heterocycles. The van der Waals surface area contributed by atoms with Crippen molar-refractivity contribution in [3.05, 3.63) is 57.3 Å². The Labute approximate surface area is 148 Å². The lowest BCUT2D eigenvalue weighted by molar-refractivity contribution is -0.123. The highest BCUT2D eigenvalue weighted by atomic mass is 32.1. The molecule has 0 radical (unpaired) electrons. The summed E-state index contributed by atoms with van der Waals surface area (Å²) in [6, 6.07) is 11.1. The molecule has 2 unspecified atom stereocenters. The smallest absolute Gasteiger partial charge is 0.234 e. The molecule has 2 atom stereocenters. The Balaban J connectivity index is 1.59. The van der Waals surface area contributed by atoms with Crippen LogP contribution in [0.5, 0.6) is 0 Å². The first-order valence-electron chi connectivity index (χ1n) is 8.68. The van der Waals surface area contributed by atoms with Gasteiger partial charge in [0.05, 0.1) is 12.6 Å². The second kappa shape index (κ2) is 7.49. The molecular weight excluding hydrogens is 316 g/mol. The fourth-order valence-corrected chi connectivity index (χ4v) is 4.30. The largest absolute Gasteiger partial charge is 0.348 e. The zero-order valence-electron chi connectivity index (χ0n) is 14.7. The predicted octanol–water partition coefficient (Wildman–Crippen LogP) is 4.38. The molecule has 1 fully saturated rings. The molecule has 1 aromatic carbocycles. The standard InChI is InChI=1S/C20H26N2OS/c1-14-8-9-17(12-15(14)2)16(3)21-20(23)13-22-10-4-6-18(22)19-7-5-11-24-19/h5,7-9,11-12,16,18H,4,6,10,13H2,1-3H3,(H,21,23). The molecule has 3 nitrogen and oxygen atoms in total. The molecule has 1 amide bonds. The van der Waals surface area contributed by atoms with Crippen molar-refractivity contribution in [2.24, 2.45) is 0 Å². The Morgan fingerprint density at radius 1 is 1.33 bits per heavy atom. The number of carbonyl (C=O) groups excluding carboxylic acids is 1. The molecule has 2 heterocycles. The van der Waals surface area contributed by atoms with Crippen LogP contribution in [-0.2, 0) is 4.79 Å². The van der Waals surface area contributed by atoms with Crippen molar-refractivity contribution in [3.63, 3.8) is 0 Å². The molecule has 3 rings (SSSR count). The fraction of sp³-hybridized carbons (Fsp3) is 0.450. The summed E-state index contributed by atoms with van der Waals surface area (Å²) in [7, 11) is 0. The third-order valence-electron chi connectivity index (χ3n) is 4.99. The first-order valence-corrected chi connectivity index (χ1v) is 9.56. The Morgan fingerprint density at radius 3 is 2.88 bits per heavy atom. The molecular formula is C20H26N2OS. The number of likely N-dealkylation sites (tertiary alicyclic amines) is 1. The van der Waals surface area contributed by atoms with Crippen molar-refractivity contribution in [3.8, 4) is 0 Å². The van der Waals surface area contributed by atoms with Crippen LogP contribution in [0.3, 0.4) is 0 Å². The van der Waals surface area contributed by atoms with Crippen LogP contribution in [0.25, 0.3) is 0 Å². The van der Waals surface area contributed by atoms with Crippen molar-refractivity contribution >= 4 is 17.2 Å². The maximum atomic E-state index is 12.5. The number of carbonyl (C=O) groups is 1. The average molecular weight is 343 g/mol. The summed E-state index contributed by atoms with van der Waals surface area (Å²) < 4.78 is 0. The van der Waals surface area contributed by atoms with Crippen LogP contribution in [0.15, 0.2) is 35.7 Å². The normalized spacial score (nSPS) is 19.4. The van der Waals surface area contributed by atoms with E-state index < -0.39 is 0 Å². The monoisotopic (exact) mass is 342 g/mol. The van der Waals surface area contributed by atoms with Crippen LogP contribution in [-0.4, -0.2) is 23.9 Å². The fourth-order valence-electron chi connectivity index (χ4n) is 3.41. The number of thiophene rings is 1. The van der Waals surface area contributed by atoms with Gasteiger partial charge < -0.3 is 5.32 Å². The van der Waals surface area contributed by atoms with E-state index in [4.69, 9.17) is 0 Å². The number of hydrogen-bond donors (Lipinski definition) is 1. The number of nitrogens with zero attached hydrogens (tertiary/aromatic N) is 1. The molecule has 24 heavy (non-hydrogen) atoms. The van der Waals surface area contributed by atoms with Crippen LogP contribution in [0.4, 0.5) is 0 Å². The van der Waals surface area contributed by atoms with E-state index in [0.717, 1.165) is 13.0 Å². The number of nitrogens with one attached hydrogen (secondary N) is 1. The van der Waals surface area contributed by atoms with Crippen molar-refractivity contribution in [1.82, 2.24) is 10.2 Å². The Kier molecular flexibility index (Phi) is 5.36. The molecule has 0 bridgehead atoms. The van der Waals surface area contributed by atoms with E-state index in [0.29, 0.717) is 12.6 Å². The maximum Gasteiger partial charge on any atom is 0.234 e. The summed E-state index contributed by atoms with van der Waals surface area (Å²) >= 11 is 1.79. The van der Waals surface area contributed by atoms with E-state index in [1.165, 1.54) is 28.0 Å². The number of amides is 1. The SMILES string of the molecule is Cc1ccc(C(C)NC(=O)CN2CCCC2c2cccs2)cc1C. The summed E-state index contributed by atoms with van der Waals surface area (Å²) in [5.41, 5.74) is 3.72. The van der Waals surface area contributed by atoms with E-state index in [-0.39, 0.29) is 11.9 Å². The van der Waals surface area contributed by atoms with Crippen molar-refractivity contribution in [2.75, 3.05) is 13.1 Å². The summed E-state index contributed by atoms with van der Waals surface area (Å²) in [6.07, 6.45) is 2.32. The third kappa shape index (κ3) is 3.87. The molecule has 1 N–H and O–H groups in total. The summed E-state index contributed by atoms with van der Waals surface area (Å²) in [5.74, 6) is 0.115. The highest BCUT2D eigenvalue weighted by Crippen LogP contribution is 2.34. The Bertz CT molecular complexity index is 696. The second-order valence-corrected chi connectivity index (χ2v) is 7.76. The van der Waals surface area contributed by atoms with Crippen LogP contribution >= 0.6 is 11.3 Å². The first kappa shape index (κ1) is 17.2. The van der Waals surface area contributed by atoms with Crippen LogP contribution < -0.4 is 5.32 Å². The second-order valence-electron chi connectivity index (χ2n) is 6.78. The van der Waals surface area contributed by atoms with Crippen LogP contribution in [0.2, 0.25) is 0 Å². The van der Waals surface area contributed by atoms with Gasteiger partial charge in [-0.2, -0.15) is 0 Å². The molecule has 1 aliphatic rings. The van der Waals surface area contributed by atoms with Crippen molar-refractivity contribution in [1.29, 1.82) is 0 Å². The van der Waals surface area contributed by atoms with Gasteiger partial charge in [-0.25, -0.2) is 0 Å². The van der Waals surface area contributed by atoms with Gasteiger partial charge in [0.2, 0.25) is 5.91 Å². The Hall–Kier alpha value is -1.65. The van der Waals surface area contributed by atoms with Gasteiger partial charge in [-0.05, 0) is 68.3 Å². The molecule has 128 valence electrons. The summed E-state index contributed by atoms with van der Waals surface area (Å²) in [4.78, 5) is 16.2. The van der Waals surface area contributed by atoms with E-state index in [1.807, 2.05) is 0 Å². The van der Waals surface area contributed by atoms with Gasteiger partial charge in [0.1, 0.15) is 0 Å². The number of rotatable bonds is 5. The quantitative estimate of drug-likeness (QED) is 0.874. The lowest BCUT2D eigenvalue weighted by Crippen LogP contribution is -2.37. The van der Waals surface area contributed by atoms with Crippen LogP contribution in [0.1, 0.15) is 53.4 Å². The topological polar surface area (TPSA) is 32.3 Å². The van der Waals surface area contributed by atoms with Gasteiger partial charge in [-0.1, -0.05) is 24.3 Å². The highest BCUT2D eigenvalue weighted by molar-refractivity contribution is 7.10. The molecule has 1 aliphatic heterocycles.